The zero-order valence-electron chi connectivity index (χ0n) is 11.8. The molecule has 0 aromatic heterocycles. The summed E-state index contributed by atoms with van der Waals surface area (Å²) in [6.07, 6.45) is 2.65. The Balaban J connectivity index is 2.08. The first-order valence-corrected chi connectivity index (χ1v) is 6.87. The third-order valence-corrected chi connectivity index (χ3v) is 2.94. The minimum atomic E-state index is 0.572. The number of benzene rings is 2. The van der Waals surface area contributed by atoms with Gasteiger partial charge in [0.1, 0.15) is 18.1 Å². The number of rotatable bonds is 7. The highest BCUT2D eigenvalue weighted by molar-refractivity contribution is 5.41. The van der Waals surface area contributed by atoms with E-state index in [1.807, 2.05) is 49.4 Å². The van der Waals surface area contributed by atoms with Crippen molar-refractivity contribution < 1.29 is 9.47 Å². The normalized spacial score (nSPS) is 10.1. The summed E-state index contributed by atoms with van der Waals surface area (Å²) >= 11 is 0. The lowest BCUT2D eigenvalue weighted by molar-refractivity contribution is 0.303. The SMILES string of the molecule is C=CCc1cc(OCc2ccccc2)ccc1OCC. The average Bonchev–Trinajstić information content (AvgIpc) is 2.49. The van der Waals surface area contributed by atoms with Gasteiger partial charge in [0.05, 0.1) is 6.61 Å². The van der Waals surface area contributed by atoms with Crippen molar-refractivity contribution in [1.82, 2.24) is 0 Å². The molecule has 0 N–H and O–H groups in total. The standard InChI is InChI=1S/C18H20O2/c1-3-8-16-13-17(11-12-18(16)19-4-2)20-14-15-9-6-5-7-10-15/h3,5-7,9-13H,1,4,8,14H2,2H3. The summed E-state index contributed by atoms with van der Waals surface area (Å²) in [7, 11) is 0. The number of ether oxygens (including phenoxy) is 2. The second-order valence-corrected chi connectivity index (χ2v) is 4.47. The van der Waals surface area contributed by atoms with Gasteiger partial charge in [0.25, 0.3) is 0 Å². The van der Waals surface area contributed by atoms with E-state index >= 15 is 0 Å². The van der Waals surface area contributed by atoms with Gasteiger partial charge >= 0.3 is 0 Å². The summed E-state index contributed by atoms with van der Waals surface area (Å²) in [4.78, 5) is 0. The lowest BCUT2D eigenvalue weighted by atomic mass is 10.1. The van der Waals surface area contributed by atoms with E-state index in [0.717, 1.165) is 29.0 Å². The fourth-order valence-corrected chi connectivity index (χ4v) is 2.00. The van der Waals surface area contributed by atoms with Gasteiger partial charge in [-0.1, -0.05) is 36.4 Å². The zero-order valence-corrected chi connectivity index (χ0v) is 11.8. The smallest absolute Gasteiger partial charge is 0.123 e. The third kappa shape index (κ3) is 3.89. The number of hydrogen-bond donors (Lipinski definition) is 0. The summed E-state index contributed by atoms with van der Waals surface area (Å²) in [5.41, 5.74) is 2.26. The van der Waals surface area contributed by atoms with Gasteiger partial charge in [-0.2, -0.15) is 0 Å². The highest BCUT2D eigenvalue weighted by Gasteiger charge is 2.05. The monoisotopic (exact) mass is 268 g/mol. The third-order valence-electron chi connectivity index (χ3n) is 2.94. The molecule has 2 aromatic rings. The molecular formula is C18H20O2. The van der Waals surface area contributed by atoms with Crippen LogP contribution in [0.2, 0.25) is 0 Å². The van der Waals surface area contributed by atoms with Gasteiger partial charge in [0.2, 0.25) is 0 Å². The molecule has 2 aromatic carbocycles. The second-order valence-electron chi connectivity index (χ2n) is 4.47. The second kappa shape index (κ2) is 7.39. The van der Waals surface area contributed by atoms with Gasteiger partial charge < -0.3 is 9.47 Å². The van der Waals surface area contributed by atoms with E-state index < -0.39 is 0 Å². The van der Waals surface area contributed by atoms with Crippen LogP contribution in [0.5, 0.6) is 11.5 Å². The first kappa shape index (κ1) is 14.2. The highest BCUT2D eigenvalue weighted by atomic mass is 16.5. The summed E-state index contributed by atoms with van der Waals surface area (Å²) in [6, 6.07) is 16.1. The molecule has 0 unspecified atom stereocenters. The number of allylic oxidation sites excluding steroid dienone is 1. The Hall–Kier alpha value is -2.22. The van der Waals surface area contributed by atoms with Gasteiger partial charge in [0.15, 0.2) is 0 Å². The van der Waals surface area contributed by atoms with E-state index in [1.54, 1.807) is 0 Å². The average molecular weight is 268 g/mol. The van der Waals surface area contributed by atoms with Crippen LogP contribution in [0.15, 0.2) is 61.2 Å². The van der Waals surface area contributed by atoms with Crippen LogP contribution in [0.1, 0.15) is 18.1 Å². The molecule has 0 radical (unpaired) electrons. The molecule has 20 heavy (non-hydrogen) atoms. The quantitative estimate of drug-likeness (QED) is 0.693. The van der Waals surface area contributed by atoms with E-state index in [1.165, 1.54) is 0 Å². The predicted octanol–water partition coefficient (Wildman–Crippen LogP) is 4.39. The van der Waals surface area contributed by atoms with Crippen molar-refractivity contribution in [1.29, 1.82) is 0 Å². The topological polar surface area (TPSA) is 18.5 Å². The van der Waals surface area contributed by atoms with Crippen molar-refractivity contribution in [3.05, 3.63) is 72.3 Å². The van der Waals surface area contributed by atoms with E-state index in [9.17, 15) is 0 Å². The molecule has 0 aliphatic heterocycles. The van der Waals surface area contributed by atoms with Crippen molar-refractivity contribution in [2.75, 3.05) is 6.61 Å². The van der Waals surface area contributed by atoms with Gasteiger partial charge in [-0.3, -0.25) is 0 Å². The molecule has 0 saturated heterocycles. The molecule has 0 fully saturated rings. The van der Waals surface area contributed by atoms with Crippen molar-refractivity contribution in [2.45, 2.75) is 20.0 Å². The van der Waals surface area contributed by atoms with Crippen LogP contribution in [0.4, 0.5) is 0 Å². The van der Waals surface area contributed by atoms with Crippen molar-refractivity contribution in [2.24, 2.45) is 0 Å². The molecule has 0 bridgehead atoms. The number of hydrogen-bond acceptors (Lipinski definition) is 2. The molecule has 2 nitrogen and oxygen atoms in total. The summed E-state index contributed by atoms with van der Waals surface area (Å²) in [5, 5.41) is 0. The maximum Gasteiger partial charge on any atom is 0.123 e. The van der Waals surface area contributed by atoms with Crippen LogP contribution in [0.25, 0.3) is 0 Å². The largest absolute Gasteiger partial charge is 0.494 e. The minimum absolute atomic E-state index is 0.572. The maximum atomic E-state index is 5.82. The lowest BCUT2D eigenvalue weighted by Crippen LogP contribution is -1.99. The Morgan fingerprint density at radius 2 is 1.85 bits per heavy atom. The van der Waals surface area contributed by atoms with Crippen molar-refractivity contribution in [3.8, 4) is 11.5 Å². The van der Waals surface area contributed by atoms with E-state index in [0.29, 0.717) is 13.2 Å². The highest BCUT2D eigenvalue weighted by Crippen LogP contribution is 2.25. The molecule has 0 saturated carbocycles. The minimum Gasteiger partial charge on any atom is -0.494 e. The molecule has 0 amide bonds. The fourth-order valence-electron chi connectivity index (χ4n) is 2.00. The zero-order chi connectivity index (χ0) is 14.2. The Bertz CT molecular complexity index is 547. The molecule has 0 aliphatic rings. The molecule has 0 heterocycles. The molecule has 2 heteroatoms. The first-order chi connectivity index (χ1) is 9.83. The van der Waals surface area contributed by atoms with Crippen LogP contribution in [0.3, 0.4) is 0 Å². The van der Waals surface area contributed by atoms with Gasteiger partial charge in [0, 0.05) is 5.56 Å². The fraction of sp³-hybridized carbons (Fsp3) is 0.222. The molecule has 2 rings (SSSR count). The molecular weight excluding hydrogens is 248 g/mol. The first-order valence-electron chi connectivity index (χ1n) is 6.87. The van der Waals surface area contributed by atoms with Crippen LogP contribution in [-0.2, 0) is 13.0 Å². The summed E-state index contributed by atoms with van der Waals surface area (Å²) < 4.78 is 11.4. The van der Waals surface area contributed by atoms with Crippen LogP contribution >= 0.6 is 0 Å². The molecule has 0 aliphatic carbocycles. The van der Waals surface area contributed by atoms with E-state index in [-0.39, 0.29) is 0 Å². The molecule has 0 atom stereocenters. The van der Waals surface area contributed by atoms with Crippen molar-refractivity contribution >= 4 is 0 Å². The van der Waals surface area contributed by atoms with Gasteiger partial charge in [-0.05, 0) is 37.1 Å². The predicted molar refractivity (Wildman–Crippen MR) is 82.3 cm³/mol. The Morgan fingerprint density at radius 3 is 2.55 bits per heavy atom. The van der Waals surface area contributed by atoms with Crippen LogP contribution in [0, 0.1) is 0 Å². The van der Waals surface area contributed by atoms with E-state index in [4.69, 9.17) is 9.47 Å². The van der Waals surface area contributed by atoms with Crippen molar-refractivity contribution in [3.63, 3.8) is 0 Å². The summed E-state index contributed by atoms with van der Waals surface area (Å²) in [5.74, 6) is 1.76. The van der Waals surface area contributed by atoms with Gasteiger partial charge in [-0.15, -0.1) is 6.58 Å². The van der Waals surface area contributed by atoms with E-state index in [2.05, 4.69) is 18.7 Å². The van der Waals surface area contributed by atoms with Gasteiger partial charge in [-0.25, -0.2) is 0 Å². The van der Waals surface area contributed by atoms with Crippen LogP contribution < -0.4 is 9.47 Å². The Morgan fingerprint density at radius 1 is 1.05 bits per heavy atom. The van der Waals surface area contributed by atoms with Crippen LogP contribution in [-0.4, -0.2) is 6.61 Å². The lowest BCUT2D eigenvalue weighted by Gasteiger charge is -2.12. The Kier molecular flexibility index (Phi) is 5.24. The summed E-state index contributed by atoms with van der Waals surface area (Å²) in [6.45, 7) is 7.00. The maximum absolute atomic E-state index is 5.82. The molecule has 0 spiro atoms. The Labute approximate surface area is 120 Å². The molecule has 104 valence electrons.